The molecule has 0 spiro atoms. The van der Waals surface area contributed by atoms with E-state index in [2.05, 4.69) is 10.1 Å². The molecule has 10 heteroatoms. The number of benzene rings is 2. The van der Waals surface area contributed by atoms with Crippen LogP contribution in [0.1, 0.15) is 27.6 Å². The lowest BCUT2D eigenvalue weighted by atomic mass is 10.0. The minimum Gasteiger partial charge on any atom is -0.462 e. The first-order valence-electron chi connectivity index (χ1n) is 10.6. The fourth-order valence-electron chi connectivity index (χ4n) is 3.23. The van der Waals surface area contributed by atoms with Crippen molar-refractivity contribution >= 4 is 46.0 Å². The molecule has 1 heterocycles. The molecule has 3 rings (SSSR count). The molecule has 35 heavy (non-hydrogen) atoms. The maximum absolute atomic E-state index is 12.6. The Morgan fingerprint density at radius 2 is 1.63 bits per heavy atom. The molecule has 182 valence electrons. The lowest BCUT2D eigenvalue weighted by Crippen LogP contribution is -2.28. The third kappa shape index (κ3) is 6.04. The summed E-state index contributed by atoms with van der Waals surface area (Å²) in [7, 11) is 2.67. The molecule has 0 atom stereocenters. The van der Waals surface area contributed by atoms with Gasteiger partial charge in [-0.2, -0.15) is 0 Å². The summed E-state index contributed by atoms with van der Waals surface area (Å²) in [5, 5.41) is 4.67. The zero-order valence-corrected chi connectivity index (χ0v) is 20.2. The average Bonchev–Trinajstić information content (AvgIpc) is 3.30. The van der Waals surface area contributed by atoms with Gasteiger partial charge in [0.15, 0.2) is 6.61 Å². The smallest absolute Gasteiger partial charge is 0.413 e. The molecule has 0 aliphatic heterocycles. The van der Waals surface area contributed by atoms with Crippen molar-refractivity contribution < 1.29 is 33.4 Å². The predicted molar refractivity (Wildman–Crippen MR) is 132 cm³/mol. The molecule has 0 saturated carbocycles. The Morgan fingerprint density at radius 3 is 2.31 bits per heavy atom. The summed E-state index contributed by atoms with van der Waals surface area (Å²) < 4.78 is 15.0. The van der Waals surface area contributed by atoms with Crippen LogP contribution in [0.3, 0.4) is 0 Å². The highest BCUT2D eigenvalue weighted by atomic mass is 32.1. The van der Waals surface area contributed by atoms with Gasteiger partial charge in [-0.05, 0) is 24.6 Å². The molecular formula is C25H24N2O7S. The molecule has 9 nitrogen and oxygen atoms in total. The van der Waals surface area contributed by atoms with Gasteiger partial charge in [-0.1, -0.05) is 42.5 Å². The molecule has 0 radical (unpaired) electrons. The number of amides is 2. The van der Waals surface area contributed by atoms with Crippen molar-refractivity contribution in [1.29, 1.82) is 0 Å². The normalized spacial score (nSPS) is 10.3. The van der Waals surface area contributed by atoms with Crippen LogP contribution in [0.15, 0.2) is 60.0 Å². The summed E-state index contributed by atoms with van der Waals surface area (Å²) >= 11 is 1.16. The third-order valence-corrected chi connectivity index (χ3v) is 5.77. The summed E-state index contributed by atoms with van der Waals surface area (Å²) in [6, 6.07) is 15.5. The Labute approximate surface area is 206 Å². The number of nitrogens with zero attached hydrogens (tertiary/aromatic N) is 1. The molecule has 0 saturated heterocycles. The van der Waals surface area contributed by atoms with Crippen LogP contribution in [-0.2, 0) is 19.0 Å². The van der Waals surface area contributed by atoms with Crippen molar-refractivity contribution in [2.24, 2.45) is 0 Å². The molecule has 0 aliphatic rings. The number of thiophene rings is 1. The number of rotatable bonds is 8. The molecule has 1 aromatic heterocycles. The predicted octanol–water partition coefficient (Wildman–Crippen LogP) is 4.59. The number of hydrogen-bond donors (Lipinski definition) is 1. The van der Waals surface area contributed by atoms with Crippen LogP contribution in [0.4, 0.5) is 15.5 Å². The lowest BCUT2D eigenvalue weighted by Gasteiger charge is -2.18. The molecule has 2 aromatic carbocycles. The van der Waals surface area contributed by atoms with Gasteiger partial charge in [-0.25, -0.2) is 14.4 Å². The van der Waals surface area contributed by atoms with Gasteiger partial charge in [0.05, 0.1) is 25.0 Å². The number of ether oxygens (including phenoxy) is 3. The largest absolute Gasteiger partial charge is 0.462 e. The minimum absolute atomic E-state index is 0.0860. The number of carbonyl (C=O) groups excluding carboxylic acids is 4. The molecule has 0 bridgehead atoms. The van der Waals surface area contributed by atoms with Gasteiger partial charge >= 0.3 is 18.0 Å². The quantitative estimate of drug-likeness (QED) is 0.359. The van der Waals surface area contributed by atoms with E-state index in [9.17, 15) is 19.2 Å². The van der Waals surface area contributed by atoms with Gasteiger partial charge in [0.1, 0.15) is 10.6 Å². The number of nitrogens with one attached hydrogen (secondary N) is 1. The number of hydrogen-bond acceptors (Lipinski definition) is 8. The van der Waals surface area contributed by atoms with Crippen molar-refractivity contribution in [1.82, 2.24) is 0 Å². The zero-order valence-electron chi connectivity index (χ0n) is 19.4. The van der Waals surface area contributed by atoms with E-state index in [1.165, 1.54) is 20.2 Å². The Hall–Kier alpha value is -4.18. The van der Waals surface area contributed by atoms with E-state index in [0.29, 0.717) is 5.56 Å². The number of para-hydroxylation sites is 1. The van der Waals surface area contributed by atoms with Crippen LogP contribution in [0.25, 0.3) is 11.1 Å². The van der Waals surface area contributed by atoms with Gasteiger partial charge in [0, 0.05) is 18.0 Å². The van der Waals surface area contributed by atoms with Gasteiger partial charge in [0.2, 0.25) is 0 Å². The number of carbonyl (C=O) groups is 4. The van der Waals surface area contributed by atoms with Gasteiger partial charge in [-0.15, -0.1) is 11.3 Å². The molecular weight excluding hydrogens is 472 g/mol. The molecule has 1 N–H and O–H groups in total. The summed E-state index contributed by atoms with van der Waals surface area (Å²) in [5.41, 5.74) is 2.00. The molecule has 3 aromatic rings. The second-order valence-corrected chi connectivity index (χ2v) is 7.99. The Bertz CT molecular complexity index is 1220. The van der Waals surface area contributed by atoms with E-state index in [0.717, 1.165) is 21.8 Å². The zero-order chi connectivity index (χ0) is 25.4. The molecule has 0 fully saturated rings. The maximum Gasteiger partial charge on any atom is 0.413 e. The Balaban J connectivity index is 1.74. The minimum atomic E-state index is -0.798. The number of esters is 2. The van der Waals surface area contributed by atoms with E-state index in [-0.39, 0.29) is 28.4 Å². The first-order valence-corrected chi connectivity index (χ1v) is 11.5. The summed E-state index contributed by atoms with van der Waals surface area (Å²) in [6.45, 7) is 1.27. The first kappa shape index (κ1) is 25.4. The summed E-state index contributed by atoms with van der Waals surface area (Å²) in [6.07, 6.45) is -0.665. The Kier molecular flexibility index (Phi) is 8.58. The Morgan fingerprint density at radius 1 is 0.943 bits per heavy atom. The fourth-order valence-corrected chi connectivity index (χ4v) is 4.21. The second kappa shape index (κ2) is 11.8. The highest BCUT2D eigenvalue weighted by Gasteiger charge is 2.24. The average molecular weight is 497 g/mol. The molecule has 0 aliphatic carbocycles. The van der Waals surface area contributed by atoms with E-state index in [1.807, 2.05) is 30.3 Å². The molecule has 0 unspecified atom stereocenters. The van der Waals surface area contributed by atoms with Crippen molar-refractivity contribution in [3.8, 4) is 11.1 Å². The highest BCUT2D eigenvalue weighted by molar-refractivity contribution is 7.15. The molecule has 2 amide bonds. The van der Waals surface area contributed by atoms with Crippen molar-refractivity contribution in [2.75, 3.05) is 37.6 Å². The van der Waals surface area contributed by atoms with Crippen molar-refractivity contribution in [2.45, 2.75) is 6.92 Å². The van der Waals surface area contributed by atoms with E-state index in [4.69, 9.17) is 9.47 Å². The number of anilines is 2. The van der Waals surface area contributed by atoms with Crippen LogP contribution in [-0.4, -0.2) is 51.3 Å². The van der Waals surface area contributed by atoms with Gasteiger partial charge in [-0.3, -0.25) is 9.69 Å². The summed E-state index contributed by atoms with van der Waals surface area (Å²) in [5.74, 6) is -2.00. The van der Waals surface area contributed by atoms with Gasteiger partial charge < -0.3 is 19.5 Å². The van der Waals surface area contributed by atoms with E-state index in [1.54, 1.807) is 30.5 Å². The van der Waals surface area contributed by atoms with Crippen LogP contribution >= 0.6 is 11.3 Å². The monoisotopic (exact) mass is 496 g/mol. The van der Waals surface area contributed by atoms with E-state index < -0.39 is 30.5 Å². The first-order chi connectivity index (χ1) is 16.9. The van der Waals surface area contributed by atoms with Crippen LogP contribution < -0.4 is 10.2 Å². The summed E-state index contributed by atoms with van der Waals surface area (Å²) in [4.78, 5) is 50.9. The SMILES string of the molecule is CCOC(=O)c1c(-c2ccccc2)csc1NC(=O)COC(=O)c1ccccc1N(C)C(=O)OC. The highest BCUT2D eigenvalue weighted by Crippen LogP contribution is 2.36. The third-order valence-electron chi connectivity index (χ3n) is 4.88. The van der Waals surface area contributed by atoms with Crippen LogP contribution in [0.5, 0.6) is 0 Å². The van der Waals surface area contributed by atoms with Crippen molar-refractivity contribution in [3.05, 3.63) is 71.1 Å². The fraction of sp³-hybridized carbons (Fsp3) is 0.200. The maximum atomic E-state index is 12.6. The lowest BCUT2D eigenvalue weighted by molar-refractivity contribution is -0.119. The van der Waals surface area contributed by atoms with Crippen LogP contribution in [0, 0.1) is 0 Å². The number of methoxy groups -OCH3 is 1. The topological polar surface area (TPSA) is 111 Å². The van der Waals surface area contributed by atoms with Gasteiger partial charge in [0.25, 0.3) is 5.91 Å². The standard InChI is InChI=1S/C25H24N2O7S/c1-4-33-24(30)21-18(16-10-6-5-7-11-16)15-35-22(21)26-20(28)14-34-23(29)17-12-8-9-13-19(17)27(2)25(31)32-3/h5-13,15H,4,14H2,1-3H3,(H,26,28). The van der Waals surface area contributed by atoms with E-state index >= 15 is 0 Å². The van der Waals surface area contributed by atoms with Crippen molar-refractivity contribution in [3.63, 3.8) is 0 Å². The van der Waals surface area contributed by atoms with Crippen LogP contribution in [0.2, 0.25) is 0 Å². The second-order valence-electron chi connectivity index (χ2n) is 7.11.